The number of amides is 1. The van der Waals surface area contributed by atoms with Gasteiger partial charge in [0.25, 0.3) is 0 Å². The Hall–Kier alpha value is -3.77. The quantitative estimate of drug-likeness (QED) is 0.408. The lowest BCUT2D eigenvalue weighted by molar-refractivity contribution is -0.137. The SMILES string of the molecule is O=C1C[C@@H](c2c(-n3cnnn3)ccc(Cl)c2F)C[C@@H]2CC[C@H](c3ncc(-c4ccnc(CO)c4F)[nH]3)N12. The number of halogens is 3. The molecule has 1 amide bonds. The summed E-state index contributed by atoms with van der Waals surface area (Å²) >= 11 is 6.11. The van der Waals surface area contributed by atoms with E-state index in [0.717, 1.165) is 0 Å². The van der Waals surface area contributed by atoms with Crippen LogP contribution in [-0.4, -0.2) is 57.1 Å². The first-order valence-electron chi connectivity index (χ1n) is 11.8. The fourth-order valence-corrected chi connectivity index (χ4v) is 5.74. The summed E-state index contributed by atoms with van der Waals surface area (Å²) in [5.41, 5.74) is 1.39. The van der Waals surface area contributed by atoms with E-state index in [0.29, 0.717) is 42.0 Å². The third-order valence-corrected chi connectivity index (χ3v) is 7.49. The molecule has 2 fully saturated rings. The number of carbonyl (C=O) groups excluding carboxylic acids is 1. The molecule has 6 rings (SSSR count). The molecule has 10 nitrogen and oxygen atoms in total. The maximum Gasteiger partial charge on any atom is 0.224 e. The summed E-state index contributed by atoms with van der Waals surface area (Å²) in [5, 5.41) is 20.5. The molecule has 0 saturated carbocycles. The predicted octanol–water partition coefficient (Wildman–Crippen LogP) is 3.48. The van der Waals surface area contributed by atoms with Crippen LogP contribution in [0.4, 0.5) is 8.78 Å². The van der Waals surface area contributed by atoms with Crippen molar-refractivity contribution in [3.63, 3.8) is 0 Å². The molecular weight excluding hydrogens is 506 g/mol. The van der Waals surface area contributed by atoms with Gasteiger partial charge in [0.1, 0.15) is 23.7 Å². The second kappa shape index (κ2) is 9.27. The van der Waals surface area contributed by atoms with Gasteiger partial charge in [-0.1, -0.05) is 11.6 Å². The largest absolute Gasteiger partial charge is 0.390 e. The van der Waals surface area contributed by atoms with Crippen molar-refractivity contribution in [2.75, 3.05) is 0 Å². The Morgan fingerprint density at radius 3 is 2.81 bits per heavy atom. The highest BCUT2D eigenvalue weighted by molar-refractivity contribution is 6.30. The fraction of sp³-hybridized carbons (Fsp3) is 0.333. The molecule has 13 heteroatoms. The first-order valence-corrected chi connectivity index (χ1v) is 12.2. The highest BCUT2D eigenvalue weighted by Gasteiger charge is 2.45. The normalized spacial score (nSPS) is 21.5. The third-order valence-electron chi connectivity index (χ3n) is 7.19. The van der Waals surface area contributed by atoms with Crippen LogP contribution in [0.25, 0.3) is 16.9 Å². The van der Waals surface area contributed by atoms with Crippen LogP contribution >= 0.6 is 11.6 Å². The second-order valence-electron chi connectivity index (χ2n) is 9.19. The Labute approximate surface area is 214 Å². The molecule has 37 heavy (non-hydrogen) atoms. The third kappa shape index (κ3) is 3.96. The number of rotatable bonds is 5. The van der Waals surface area contributed by atoms with Crippen LogP contribution in [0.5, 0.6) is 0 Å². The molecule has 190 valence electrons. The van der Waals surface area contributed by atoms with Gasteiger partial charge in [-0.15, -0.1) is 5.10 Å². The summed E-state index contributed by atoms with van der Waals surface area (Å²) in [4.78, 5) is 26.7. The van der Waals surface area contributed by atoms with E-state index in [4.69, 9.17) is 11.6 Å². The lowest BCUT2D eigenvalue weighted by Gasteiger charge is -2.38. The number of tetrazole rings is 1. The van der Waals surface area contributed by atoms with Crippen LogP contribution in [0, 0.1) is 11.6 Å². The number of benzene rings is 1. The van der Waals surface area contributed by atoms with Gasteiger partial charge in [0, 0.05) is 29.8 Å². The minimum Gasteiger partial charge on any atom is -0.390 e. The summed E-state index contributed by atoms with van der Waals surface area (Å²) in [7, 11) is 0. The Kier molecular flexibility index (Phi) is 5.92. The maximum absolute atomic E-state index is 15.3. The summed E-state index contributed by atoms with van der Waals surface area (Å²) in [6, 6.07) is 4.17. The van der Waals surface area contributed by atoms with E-state index in [9.17, 15) is 14.3 Å². The van der Waals surface area contributed by atoms with E-state index in [1.165, 1.54) is 35.5 Å². The van der Waals surface area contributed by atoms with Crippen molar-refractivity contribution in [3.05, 3.63) is 70.7 Å². The van der Waals surface area contributed by atoms with Crippen LogP contribution in [0.15, 0.2) is 36.9 Å². The number of aromatic nitrogens is 7. The van der Waals surface area contributed by atoms with Crippen LogP contribution in [0.1, 0.15) is 54.7 Å². The Morgan fingerprint density at radius 2 is 2.03 bits per heavy atom. The van der Waals surface area contributed by atoms with Gasteiger partial charge < -0.3 is 15.0 Å². The number of imidazole rings is 1. The van der Waals surface area contributed by atoms with Gasteiger partial charge >= 0.3 is 0 Å². The molecule has 3 atom stereocenters. The van der Waals surface area contributed by atoms with E-state index in [1.807, 2.05) is 0 Å². The molecule has 2 aliphatic rings. The molecule has 0 spiro atoms. The average molecular weight is 527 g/mol. The number of nitrogens with one attached hydrogen (secondary N) is 1. The first-order chi connectivity index (χ1) is 18.0. The van der Waals surface area contributed by atoms with Gasteiger partial charge in [0.15, 0.2) is 5.82 Å². The number of aromatic amines is 1. The molecule has 5 heterocycles. The number of nitrogens with zero attached hydrogens (tertiary/aromatic N) is 7. The number of fused-ring (bicyclic) bond motifs is 1. The minimum absolute atomic E-state index is 0.0261. The van der Waals surface area contributed by atoms with E-state index >= 15 is 4.39 Å². The van der Waals surface area contributed by atoms with Crippen LogP contribution in [0.2, 0.25) is 5.02 Å². The molecule has 0 radical (unpaired) electrons. The summed E-state index contributed by atoms with van der Waals surface area (Å²) < 4.78 is 31.4. The van der Waals surface area contributed by atoms with Crippen LogP contribution < -0.4 is 0 Å². The molecule has 0 unspecified atom stereocenters. The zero-order valence-corrected chi connectivity index (χ0v) is 20.1. The Morgan fingerprint density at radius 1 is 1.16 bits per heavy atom. The van der Waals surface area contributed by atoms with E-state index in [2.05, 4.69) is 30.5 Å². The van der Waals surface area contributed by atoms with E-state index in [1.54, 1.807) is 11.0 Å². The van der Waals surface area contributed by atoms with Gasteiger partial charge in [-0.25, -0.2) is 18.4 Å². The highest BCUT2D eigenvalue weighted by atomic mass is 35.5. The van der Waals surface area contributed by atoms with Gasteiger partial charge in [-0.05, 0) is 53.8 Å². The van der Waals surface area contributed by atoms with Gasteiger partial charge in [-0.3, -0.25) is 9.78 Å². The molecule has 4 aromatic rings. The van der Waals surface area contributed by atoms with E-state index in [-0.39, 0.29) is 40.7 Å². The zero-order chi connectivity index (χ0) is 25.7. The van der Waals surface area contributed by atoms with Crippen molar-refractivity contribution in [2.45, 2.75) is 50.3 Å². The van der Waals surface area contributed by atoms with Crippen molar-refractivity contribution >= 4 is 17.5 Å². The van der Waals surface area contributed by atoms with Crippen molar-refractivity contribution in [1.82, 2.24) is 40.1 Å². The number of piperidine rings is 1. The summed E-state index contributed by atoms with van der Waals surface area (Å²) in [6.07, 6.45) is 6.31. The summed E-state index contributed by atoms with van der Waals surface area (Å²) in [6.45, 7) is -0.517. The molecule has 2 aliphatic heterocycles. The molecule has 2 saturated heterocycles. The fourth-order valence-electron chi connectivity index (χ4n) is 5.57. The average Bonchev–Trinajstić information content (AvgIpc) is 3.66. The number of carbonyl (C=O) groups is 1. The zero-order valence-electron chi connectivity index (χ0n) is 19.4. The maximum atomic E-state index is 15.3. The van der Waals surface area contributed by atoms with Crippen LogP contribution in [-0.2, 0) is 11.4 Å². The van der Waals surface area contributed by atoms with Crippen molar-refractivity contribution < 1.29 is 18.7 Å². The molecule has 0 aliphatic carbocycles. The molecular formula is C24H21ClF2N8O2. The van der Waals surface area contributed by atoms with E-state index < -0.39 is 24.2 Å². The van der Waals surface area contributed by atoms with Crippen molar-refractivity contribution in [1.29, 1.82) is 0 Å². The van der Waals surface area contributed by atoms with Crippen LogP contribution in [0.3, 0.4) is 0 Å². The number of aliphatic hydroxyl groups is 1. The number of aliphatic hydroxyl groups excluding tert-OH is 1. The lowest BCUT2D eigenvalue weighted by Crippen LogP contribution is -2.43. The van der Waals surface area contributed by atoms with Crippen molar-refractivity contribution in [2.24, 2.45) is 0 Å². The Balaban J connectivity index is 1.28. The monoisotopic (exact) mass is 526 g/mol. The number of pyridine rings is 1. The summed E-state index contributed by atoms with van der Waals surface area (Å²) in [5.74, 6) is -1.17. The van der Waals surface area contributed by atoms with Crippen molar-refractivity contribution in [3.8, 4) is 16.9 Å². The standard InChI is InChI=1S/C24H21ClF2N8O2/c25-15-2-4-18(34-11-30-32-33-34)21(23(15)27)12-7-13-1-3-19(35(13)20(37)8-12)24-29-9-16(31-24)14-5-6-28-17(10-36)22(14)26/h2,4-6,9,11-13,19,36H,1,3,7-8,10H2,(H,29,31)/t12-,13-,19+/m0/s1. The first kappa shape index (κ1) is 23.6. The molecule has 0 bridgehead atoms. The molecule has 1 aromatic carbocycles. The topological polar surface area (TPSA) is 126 Å². The number of H-pyrrole nitrogens is 1. The minimum atomic E-state index is -0.622. The number of hydrogen-bond donors (Lipinski definition) is 2. The molecule has 3 aromatic heterocycles. The molecule has 2 N–H and O–H groups in total. The van der Waals surface area contributed by atoms with Gasteiger partial charge in [-0.2, -0.15) is 0 Å². The lowest BCUT2D eigenvalue weighted by atomic mass is 9.84. The second-order valence-corrected chi connectivity index (χ2v) is 9.60. The number of hydrogen-bond acceptors (Lipinski definition) is 7. The predicted molar refractivity (Wildman–Crippen MR) is 126 cm³/mol. The smallest absolute Gasteiger partial charge is 0.224 e. The Bertz CT molecular complexity index is 1480. The van der Waals surface area contributed by atoms with Gasteiger partial charge in [0.05, 0.1) is 35.2 Å². The highest BCUT2D eigenvalue weighted by Crippen LogP contribution is 2.46. The van der Waals surface area contributed by atoms with Gasteiger partial charge in [0.2, 0.25) is 5.91 Å².